The molecule has 0 saturated carbocycles. The number of nitrogens with one attached hydrogen (secondary N) is 1. The quantitative estimate of drug-likeness (QED) is 0.806. The van der Waals surface area contributed by atoms with E-state index >= 15 is 0 Å². The molecule has 0 aromatic heterocycles. The number of sulfonamides is 1. The number of rotatable bonds is 6. The van der Waals surface area contributed by atoms with E-state index in [1.165, 1.54) is 0 Å². The predicted octanol–water partition coefficient (Wildman–Crippen LogP) is 1.64. The molecule has 0 aromatic carbocycles. The Bertz CT molecular complexity index is 341. The molecule has 1 rings (SSSR count). The first-order valence-corrected chi connectivity index (χ1v) is 7.90. The average molecular weight is 284 g/mol. The smallest absolute Gasteiger partial charge is 0.314 e. The second kappa shape index (κ2) is 6.77. The Morgan fingerprint density at radius 3 is 2.33 bits per heavy atom. The van der Waals surface area contributed by atoms with Crippen LogP contribution in [0.25, 0.3) is 0 Å². The zero-order chi connectivity index (χ0) is 13.8. The predicted molar refractivity (Wildman–Crippen MR) is 67.0 cm³/mol. The maximum absolute atomic E-state index is 12.4. The van der Waals surface area contributed by atoms with Crippen molar-refractivity contribution < 1.29 is 17.2 Å². The molecule has 1 aliphatic heterocycles. The van der Waals surface area contributed by atoms with E-state index in [4.69, 9.17) is 0 Å². The minimum absolute atomic E-state index is 0.204. The van der Waals surface area contributed by atoms with Crippen molar-refractivity contribution in [3.63, 3.8) is 0 Å². The first-order chi connectivity index (χ1) is 8.39. The van der Waals surface area contributed by atoms with Gasteiger partial charge in [-0.05, 0) is 38.6 Å². The van der Waals surface area contributed by atoms with Crippen molar-refractivity contribution in [1.82, 2.24) is 9.62 Å². The Labute approximate surface area is 108 Å². The maximum Gasteiger partial charge on any atom is 0.350 e. The highest BCUT2D eigenvalue weighted by molar-refractivity contribution is 7.89. The monoisotopic (exact) mass is 284 g/mol. The van der Waals surface area contributed by atoms with Crippen LogP contribution in [0.5, 0.6) is 0 Å². The Kier molecular flexibility index (Phi) is 5.94. The SMILES string of the molecule is CCCNC(C)C1CCN(S(=O)(=O)C(F)F)CC1. The lowest BCUT2D eigenvalue weighted by Crippen LogP contribution is -2.45. The summed E-state index contributed by atoms with van der Waals surface area (Å²) >= 11 is 0. The van der Waals surface area contributed by atoms with Crippen LogP contribution < -0.4 is 5.32 Å². The molecule has 0 radical (unpaired) electrons. The van der Waals surface area contributed by atoms with E-state index in [1.807, 2.05) is 0 Å². The van der Waals surface area contributed by atoms with Crippen molar-refractivity contribution in [1.29, 1.82) is 0 Å². The first kappa shape index (κ1) is 15.8. The second-order valence-corrected chi connectivity index (χ2v) is 6.69. The van der Waals surface area contributed by atoms with E-state index in [1.54, 1.807) is 0 Å². The van der Waals surface area contributed by atoms with Gasteiger partial charge in [0.25, 0.3) is 10.0 Å². The number of alkyl halides is 2. The lowest BCUT2D eigenvalue weighted by Gasteiger charge is -2.34. The van der Waals surface area contributed by atoms with E-state index in [0.717, 1.165) is 17.3 Å². The molecule has 0 amide bonds. The summed E-state index contributed by atoms with van der Waals surface area (Å²) in [6.45, 7) is 5.48. The van der Waals surface area contributed by atoms with E-state index in [-0.39, 0.29) is 13.1 Å². The summed E-state index contributed by atoms with van der Waals surface area (Å²) in [7, 11) is -4.39. The third-order valence-electron chi connectivity index (χ3n) is 3.51. The molecule has 1 aliphatic rings. The lowest BCUT2D eigenvalue weighted by molar-refractivity contribution is 0.193. The fourth-order valence-electron chi connectivity index (χ4n) is 2.28. The summed E-state index contributed by atoms with van der Waals surface area (Å²) in [4.78, 5) is 0. The Balaban J connectivity index is 2.46. The molecule has 1 fully saturated rings. The van der Waals surface area contributed by atoms with E-state index in [9.17, 15) is 17.2 Å². The topological polar surface area (TPSA) is 49.4 Å². The third kappa shape index (κ3) is 3.86. The largest absolute Gasteiger partial charge is 0.350 e. The molecule has 1 unspecified atom stereocenters. The second-order valence-electron chi connectivity index (χ2n) is 4.78. The Morgan fingerprint density at radius 1 is 1.33 bits per heavy atom. The Morgan fingerprint density at radius 2 is 1.89 bits per heavy atom. The zero-order valence-corrected chi connectivity index (χ0v) is 11.7. The van der Waals surface area contributed by atoms with Gasteiger partial charge in [0.1, 0.15) is 0 Å². The van der Waals surface area contributed by atoms with E-state index in [0.29, 0.717) is 24.8 Å². The van der Waals surface area contributed by atoms with Gasteiger partial charge in [-0.25, -0.2) is 8.42 Å². The van der Waals surface area contributed by atoms with Crippen LogP contribution in [0.15, 0.2) is 0 Å². The summed E-state index contributed by atoms with van der Waals surface area (Å²) in [6.07, 6.45) is 2.33. The van der Waals surface area contributed by atoms with Gasteiger partial charge in [-0.15, -0.1) is 0 Å². The fourth-order valence-corrected chi connectivity index (χ4v) is 3.23. The van der Waals surface area contributed by atoms with Gasteiger partial charge in [0, 0.05) is 19.1 Å². The molecule has 1 atom stereocenters. The van der Waals surface area contributed by atoms with E-state index < -0.39 is 15.8 Å². The van der Waals surface area contributed by atoms with Gasteiger partial charge < -0.3 is 5.32 Å². The minimum Gasteiger partial charge on any atom is -0.314 e. The molecular formula is C11H22F2N2O2S. The van der Waals surface area contributed by atoms with E-state index in [2.05, 4.69) is 19.2 Å². The zero-order valence-electron chi connectivity index (χ0n) is 10.9. The molecule has 108 valence electrons. The molecule has 1 N–H and O–H groups in total. The van der Waals surface area contributed by atoms with Gasteiger partial charge in [-0.2, -0.15) is 13.1 Å². The van der Waals surface area contributed by atoms with Crippen molar-refractivity contribution in [2.24, 2.45) is 5.92 Å². The normalized spacial score (nSPS) is 21.4. The van der Waals surface area contributed by atoms with Gasteiger partial charge in [-0.3, -0.25) is 0 Å². The van der Waals surface area contributed by atoms with Gasteiger partial charge in [0.05, 0.1) is 0 Å². The molecule has 0 aromatic rings. The fraction of sp³-hybridized carbons (Fsp3) is 1.00. The van der Waals surface area contributed by atoms with Crippen LogP contribution in [0.4, 0.5) is 8.78 Å². The highest BCUT2D eigenvalue weighted by Crippen LogP contribution is 2.24. The summed E-state index contributed by atoms with van der Waals surface area (Å²) in [6, 6.07) is 0.307. The van der Waals surface area contributed by atoms with Gasteiger partial charge >= 0.3 is 5.76 Å². The summed E-state index contributed by atoms with van der Waals surface area (Å²) < 4.78 is 48.3. The van der Waals surface area contributed by atoms with Crippen LogP contribution in [-0.4, -0.2) is 44.2 Å². The van der Waals surface area contributed by atoms with Crippen molar-refractivity contribution in [2.45, 2.75) is 44.9 Å². The van der Waals surface area contributed by atoms with Crippen LogP contribution in [0.1, 0.15) is 33.1 Å². The van der Waals surface area contributed by atoms with Gasteiger partial charge in [0.15, 0.2) is 0 Å². The van der Waals surface area contributed by atoms with Crippen LogP contribution in [0, 0.1) is 5.92 Å². The number of nitrogens with zero attached hydrogens (tertiary/aromatic N) is 1. The lowest BCUT2D eigenvalue weighted by atomic mass is 9.91. The highest BCUT2D eigenvalue weighted by atomic mass is 32.2. The molecular weight excluding hydrogens is 262 g/mol. The highest BCUT2D eigenvalue weighted by Gasteiger charge is 2.35. The molecule has 18 heavy (non-hydrogen) atoms. The standard InChI is InChI=1S/C11H22F2N2O2S/c1-3-6-14-9(2)10-4-7-15(8-5-10)18(16,17)11(12)13/h9-11,14H,3-8H2,1-2H3. The number of hydrogen-bond acceptors (Lipinski definition) is 3. The number of piperidine rings is 1. The third-order valence-corrected chi connectivity index (χ3v) is 5.04. The van der Waals surface area contributed by atoms with Crippen LogP contribution in [0.2, 0.25) is 0 Å². The van der Waals surface area contributed by atoms with Crippen LogP contribution in [-0.2, 0) is 10.0 Å². The van der Waals surface area contributed by atoms with Crippen molar-refractivity contribution >= 4 is 10.0 Å². The number of halogens is 2. The first-order valence-electron chi connectivity index (χ1n) is 6.40. The van der Waals surface area contributed by atoms with Crippen LogP contribution >= 0.6 is 0 Å². The van der Waals surface area contributed by atoms with Crippen molar-refractivity contribution in [2.75, 3.05) is 19.6 Å². The molecule has 7 heteroatoms. The average Bonchev–Trinajstić information content (AvgIpc) is 2.35. The Hall–Kier alpha value is -0.270. The molecule has 0 spiro atoms. The molecule has 0 aliphatic carbocycles. The van der Waals surface area contributed by atoms with Gasteiger partial charge in [-0.1, -0.05) is 6.92 Å². The molecule has 1 saturated heterocycles. The summed E-state index contributed by atoms with van der Waals surface area (Å²) in [5.74, 6) is -2.94. The van der Waals surface area contributed by atoms with Crippen molar-refractivity contribution in [3.05, 3.63) is 0 Å². The summed E-state index contributed by atoms with van der Waals surface area (Å²) in [5, 5.41) is 3.36. The maximum atomic E-state index is 12.4. The number of hydrogen-bond donors (Lipinski definition) is 1. The molecule has 0 bridgehead atoms. The van der Waals surface area contributed by atoms with Crippen LogP contribution in [0.3, 0.4) is 0 Å². The summed E-state index contributed by atoms with van der Waals surface area (Å²) in [5.41, 5.74) is 0. The van der Waals surface area contributed by atoms with Gasteiger partial charge in [0.2, 0.25) is 0 Å². The molecule has 4 nitrogen and oxygen atoms in total. The minimum atomic E-state index is -4.39. The molecule has 1 heterocycles. The van der Waals surface area contributed by atoms with Crippen molar-refractivity contribution in [3.8, 4) is 0 Å².